The maximum atomic E-state index is 12.9. The van der Waals surface area contributed by atoms with Gasteiger partial charge in [0.1, 0.15) is 13.2 Å². The van der Waals surface area contributed by atoms with E-state index < -0.39 is 6.10 Å². The molecule has 0 heterocycles. The Kier molecular flexibility index (Phi) is 56.7. The lowest BCUT2D eigenvalue weighted by Crippen LogP contribution is -2.30. The van der Waals surface area contributed by atoms with Crippen LogP contribution in [0.2, 0.25) is 0 Å². The topological polar surface area (TPSA) is 78.9 Å². The summed E-state index contributed by atoms with van der Waals surface area (Å²) >= 11 is 0. The number of hydrogen-bond donors (Lipinski definition) is 0. The van der Waals surface area contributed by atoms with Crippen molar-refractivity contribution in [2.75, 3.05) is 13.2 Å². The Hall–Kier alpha value is -2.11. The fraction of sp³-hybridized carbons (Fsp3) is 0.889. The molecule has 0 aliphatic carbocycles. The summed E-state index contributed by atoms with van der Waals surface area (Å²) in [4.78, 5) is 38.2. The zero-order chi connectivity index (χ0) is 50.0. The van der Waals surface area contributed by atoms with Crippen LogP contribution in [-0.4, -0.2) is 37.2 Å². The number of carbonyl (C=O) groups excluding carboxylic acids is 3. The summed E-state index contributed by atoms with van der Waals surface area (Å²) in [5.74, 6) is -0.858. The van der Waals surface area contributed by atoms with E-state index in [1.807, 2.05) is 0 Å². The van der Waals surface area contributed by atoms with Gasteiger partial charge in [0.05, 0.1) is 0 Å². The molecule has 406 valence electrons. The van der Waals surface area contributed by atoms with Gasteiger partial charge in [-0.3, -0.25) is 14.4 Å². The molecule has 0 bridgehead atoms. The van der Waals surface area contributed by atoms with Crippen LogP contribution < -0.4 is 0 Å². The highest BCUT2D eigenvalue weighted by molar-refractivity contribution is 5.71. The summed E-state index contributed by atoms with van der Waals surface area (Å²) in [5, 5.41) is 0. The van der Waals surface area contributed by atoms with Crippen LogP contribution >= 0.6 is 0 Å². The third-order valence-electron chi connectivity index (χ3n) is 13.9. The third-order valence-corrected chi connectivity index (χ3v) is 13.9. The lowest BCUT2D eigenvalue weighted by atomic mass is 10.0. The molecule has 1 atom stereocenters. The maximum Gasteiger partial charge on any atom is 0.306 e. The first-order valence-corrected chi connectivity index (χ1v) is 30.8. The average Bonchev–Trinajstić information content (AvgIpc) is 3.35. The highest BCUT2D eigenvalue weighted by atomic mass is 16.6. The molecule has 1 unspecified atom stereocenters. The summed E-state index contributed by atoms with van der Waals surface area (Å²) < 4.78 is 16.9. The van der Waals surface area contributed by atoms with Gasteiger partial charge in [0.25, 0.3) is 0 Å². The van der Waals surface area contributed by atoms with Crippen molar-refractivity contribution in [1.82, 2.24) is 0 Å². The van der Waals surface area contributed by atoms with Crippen molar-refractivity contribution in [2.45, 2.75) is 348 Å². The van der Waals surface area contributed by atoms with Crippen molar-refractivity contribution in [1.29, 1.82) is 0 Å². The van der Waals surface area contributed by atoms with Gasteiger partial charge in [0.15, 0.2) is 6.10 Å². The third kappa shape index (κ3) is 56.7. The first-order valence-electron chi connectivity index (χ1n) is 30.8. The van der Waals surface area contributed by atoms with Crippen LogP contribution in [0.25, 0.3) is 0 Å². The summed E-state index contributed by atoms with van der Waals surface area (Å²) in [6, 6.07) is 0. The lowest BCUT2D eigenvalue weighted by molar-refractivity contribution is -0.167. The van der Waals surface area contributed by atoms with Crippen molar-refractivity contribution in [3.05, 3.63) is 24.3 Å². The molecule has 0 fully saturated rings. The maximum absolute atomic E-state index is 12.9. The van der Waals surface area contributed by atoms with Crippen LogP contribution in [-0.2, 0) is 28.6 Å². The van der Waals surface area contributed by atoms with Gasteiger partial charge in [-0.1, -0.05) is 283 Å². The molecule has 0 aliphatic heterocycles. The molecule has 0 N–H and O–H groups in total. The molecular formula is C63H118O6. The zero-order valence-electron chi connectivity index (χ0n) is 46.6. The summed E-state index contributed by atoms with van der Waals surface area (Å²) in [6.45, 7) is 6.65. The minimum atomic E-state index is -0.771. The predicted octanol–water partition coefficient (Wildman–Crippen LogP) is 20.7. The molecule has 0 aromatic rings. The molecule has 0 rings (SSSR count). The van der Waals surface area contributed by atoms with Crippen molar-refractivity contribution < 1.29 is 28.6 Å². The van der Waals surface area contributed by atoms with Crippen molar-refractivity contribution in [3.8, 4) is 0 Å². The van der Waals surface area contributed by atoms with E-state index >= 15 is 0 Å². The molecule has 0 saturated carbocycles. The number of carbonyl (C=O) groups is 3. The fourth-order valence-corrected chi connectivity index (χ4v) is 9.25. The molecular weight excluding hydrogens is 853 g/mol. The fourth-order valence-electron chi connectivity index (χ4n) is 9.25. The molecule has 0 spiro atoms. The Morgan fingerprint density at radius 2 is 0.493 bits per heavy atom. The SMILES string of the molecule is CCCC/C=C\CCCCCCCC(=O)OCC(COC(=O)CCCCCCCCCCCCC/C=C\CCCCCCCCCC)OC(=O)CCCCCCCCCCCCCCCCCCC. The van der Waals surface area contributed by atoms with Gasteiger partial charge >= 0.3 is 17.9 Å². The molecule has 0 amide bonds. The van der Waals surface area contributed by atoms with E-state index in [0.717, 1.165) is 64.2 Å². The molecule has 0 aromatic heterocycles. The van der Waals surface area contributed by atoms with Crippen LogP contribution in [0.15, 0.2) is 24.3 Å². The zero-order valence-corrected chi connectivity index (χ0v) is 46.6. The molecule has 0 aliphatic rings. The minimum absolute atomic E-state index is 0.0696. The van der Waals surface area contributed by atoms with E-state index in [1.165, 1.54) is 238 Å². The largest absolute Gasteiger partial charge is 0.462 e. The highest BCUT2D eigenvalue weighted by Crippen LogP contribution is 2.17. The minimum Gasteiger partial charge on any atom is -0.462 e. The molecule has 6 nitrogen and oxygen atoms in total. The monoisotopic (exact) mass is 971 g/mol. The molecule has 0 radical (unpaired) electrons. The second-order valence-electron chi connectivity index (χ2n) is 21.0. The van der Waals surface area contributed by atoms with E-state index in [2.05, 4.69) is 45.1 Å². The quantitative estimate of drug-likeness (QED) is 0.0261. The first kappa shape index (κ1) is 66.9. The number of rotatable bonds is 57. The molecule has 69 heavy (non-hydrogen) atoms. The second-order valence-corrected chi connectivity index (χ2v) is 21.0. The molecule has 0 saturated heterocycles. The first-order chi connectivity index (χ1) is 34.0. The van der Waals surface area contributed by atoms with E-state index in [0.29, 0.717) is 19.3 Å². The highest BCUT2D eigenvalue weighted by Gasteiger charge is 2.19. The van der Waals surface area contributed by atoms with E-state index in [-0.39, 0.29) is 31.1 Å². The second kappa shape index (κ2) is 58.5. The Morgan fingerprint density at radius 3 is 0.768 bits per heavy atom. The van der Waals surface area contributed by atoms with Gasteiger partial charge in [0.2, 0.25) is 0 Å². The average molecular weight is 972 g/mol. The van der Waals surface area contributed by atoms with Crippen molar-refractivity contribution in [2.24, 2.45) is 0 Å². The van der Waals surface area contributed by atoms with Gasteiger partial charge in [-0.05, 0) is 64.2 Å². The van der Waals surface area contributed by atoms with E-state index in [1.54, 1.807) is 0 Å². The standard InChI is InChI=1S/C63H118O6/c1-4-7-10-13-16-19-22-24-26-28-29-30-31-32-33-35-36-38-41-44-47-50-53-56-62(65)68-59-60(58-67-61(64)55-52-49-46-43-40-21-18-15-12-9-6-3)69-63(66)57-54-51-48-45-42-39-37-34-27-25-23-20-17-14-11-8-5-2/h15,18,28-29,60H,4-14,16-17,19-27,30-59H2,1-3H3/b18-15-,29-28-. The van der Waals surface area contributed by atoms with Gasteiger partial charge in [-0.2, -0.15) is 0 Å². The summed E-state index contributed by atoms with van der Waals surface area (Å²) in [6.07, 6.45) is 69.0. The van der Waals surface area contributed by atoms with Crippen molar-refractivity contribution >= 4 is 17.9 Å². The smallest absolute Gasteiger partial charge is 0.306 e. The molecule has 6 heteroatoms. The molecule has 0 aromatic carbocycles. The summed E-state index contributed by atoms with van der Waals surface area (Å²) in [5.41, 5.74) is 0. The normalized spacial score (nSPS) is 12.1. The Bertz CT molecular complexity index is 1110. The van der Waals surface area contributed by atoms with Gasteiger partial charge in [-0.15, -0.1) is 0 Å². The number of allylic oxidation sites excluding steroid dienone is 4. The number of unbranched alkanes of at least 4 members (excludes halogenated alkanes) is 42. The predicted molar refractivity (Wildman–Crippen MR) is 298 cm³/mol. The van der Waals surface area contributed by atoms with Gasteiger partial charge in [0, 0.05) is 19.3 Å². The number of hydrogen-bond acceptors (Lipinski definition) is 6. The van der Waals surface area contributed by atoms with Crippen LogP contribution in [0.1, 0.15) is 342 Å². The number of esters is 3. The van der Waals surface area contributed by atoms with E-state index in [4.69, 9.17) is 14.2 Å². The van der Waals surface area contributed by atoms with Gasteiger partial charge in [-0.25, -0.2) is 0 Å². The summed E-state index contributed by atoms with van der Waals surface area (Å²) in [7, 11) is 0. The van der Waals surface area contributed by atoms with Crippen molar-refractivity contribution in [3.63, 3.8) is 0 Å². The Morgan fingerprint density at radius 1 is 0.275 bits per heavy atom. The van der Waals surface area contributed by atoms with Crippen LogP contribution in [0.5, 0.6) is 0 Å². The van der Waals surface area contributed by atoms with Gasteiger partial charge < -0.3 is 14.2 Å². The number of ether oxygens (including phenoxy) is 3. The lowest BCUT2D eigenvalue weighted by Gasteiger charge is -2.18. The Balaban J connectivity index is 4.22. The van der Waals surface area contributed by atoms with Crippen LogP contribution in [0.3, 0.4) is 0 Å². The Labute approximate surface area is 430 Å². The van der Waals surface area contributed by atoms with Crippen LogP contribution in [0.4, 0.5) is 0 Å². The van der Waals surface area contributed by atoms with Crippen LogP contribution in [0, 0.1) is 0 Å². The van der Waals surface area contributed by atoms with E-state index in [9.17, 15) is 14.4 Å².